The van der Waals surface area contributed by atoms with Gasteiger partial charge in [-0.05, 0) is 92.1 Å². The maximum atomic E-state index is 13.8. The molecule has 3 aromatic rings. The van der Waals surface area contributed by atoms with Crippen molar-refractivity contribution in [2.75, 3.05) is 19.0 Å². The van der Waals surface area contributed by atoms with Gasteiger partial charge in [0, 0.05) is 29.4 Å². The summed E-state index contributed by atoms with van der Waals surface area (Å²) in [6.07, 6.45) is 6.77. The molecule has 2 amide bonds. The maximum Gasteiger partial charge on any atom is 0.322 e. The minimum Gasteiger partial charge on any atom is -0.497 e. The third-order valence-electron chi connectivity index (χ3n) is 7.05. The second-order valence-electron chi connectivity index (χ2n) is 8.62. The number of fused-ring (bicyclic) bond motifs is 1. The average molecular weight is 420 g/mol. The number of carbonyl (C=O) groups is 1. The Hall–Kier alpha value is -3.15. The van der Waals surface area contributed by atoms with Crippen LogP contribution in [0.1, 0.15) is 43.6 Å². The predicted molar refractivity (Wildman–Crippen MR) is 119 cm³/mol. The number of amides is 2. The Morgan fingerprint density at radius 2 is 1.90 bits per heavy atom. The Bertz CT molecular complexity index is 1110. The fraction of sp³-hybridized carbons (Fsp3) is 0.360. The molecule has 2 aromatic carbocycles. The first-order valence-corrected chi connectivity index (χ1v) is 10.8. The van der Waals surface area contributed by atoms with Crippen LogP contribution in [-0.2, 0) is 0 Å². The first kappa shape index (κ1) is 19.8. The van der Waals surface area contributed by atoms with Crippen molar-refractivity contribution in [3.05, 3.63) is 66.1 Å². The molecule has 1 spiro atoms. The summed E-state index contributed by atoms with van der Waals surface area (Å²) in [5.41, 5.74) is 2.73. The van der Waals surface area contributed by atoms with Crippen molar-refractivity contribution < 1.29 is 13.9 Å². The summed E-state index contributed by atoms with van der Waals surface area (Å²) >= 11 is 0. The van der Waals surface area contributed by atoms with Crippen LogP contribution in [0.25, 0.3) is 10.9 Å². The van der Waals surface area contributed by atoms with Gasteiger partial charge in [0.05, 0.1) is 12.6 Å². The summed E-state index contributed by atoms with van der Waals surface area (Å²) in [6.45, 7) is 0.788. The minimum absolute atomic E-state index is 0.0358. The van der Waals surface area contributed by atoms with E-state index in [0.717, 1.165) is 61.0 Å². The zero-order valence-electron chi connectivity index (χ0n) is 17.6. The normalized spacial score (nSPS) is 22.9. The van der Waals surface area contributed by atoms with E-state index in [-0.39, 0.29) is 17.4 Å². The number of urea groups is 1. The smallest absolute Gasteiger partial charge is 0.322 e. The number of ether oxygens (including phenoxy) is 1. The molecule has 2 aliphatic rings. The second kappa shape index (κ2) is 7.84. The van der Waals surface area contributed by atoms with Gasteiger partial charge < -0.3 is 15.0 Å². The lowest BCUT2D eigenvalue weighted by Crippen LogP contribution is -2.64. The van der Waals surface area contributed by atoms with Crippen LogP contribution in [0.3, 0.4) is 0 Å². The fourth-order valence-electron chi connectivity index (χ4n) is 5.20. The number of carbonyl (C=O) groups excluding carboxylic acids is 1. The van der Waals surface area contributed by atoms with Gasteiger partial charge in [-0.3, -0.25) is 4.98 Å². The summed E-state index contributed by atoms with van der Waals surface area (Å²) in [4.78, 5) is 19.3. The van der Waals surface area contributed by atoms with Crippen molar-refractivity contribution in [3.8, 4) is 5.75 Å². The quantitative estimate of drug-likeness (QED) is 0.591. The number of nitrogens with zero attached hydrogens (tertiary/aromatic N) is 2. The molecular formula is C25H26FN3O2. The predicted octanol–water partition coefficient (Wildman–Crippen LogP) is 5.72. The van der Waals surface area contributed by atoms with E-state index in [1.165, 1.54) is 11.6 Å². The standard InChI is InChI=1S/C25H26FN3O2/c1-31-20-5-3-19(4-6-20)28-24(30)29-15-13-25(29)11-8-17(9-12-25)21-10-14-27-23-7-2-18(26)16-22(21)23/h2-7,10,14,16-17H,8-9,11-13,15H2,1H3,(H,28,30). The summed E-state index contributed by atoms with van der Waals surface area (Å²) in [6, 6.07) is 14.2. The third-order valence-corrected chi connectivity index (χ3v) is 7.05. The highest BCUT2D eigenvalue weighted by Gasteiger charge is 2.49. The van der Waals surface area contributed by atoms with E-state index in [2.05, 4.69) is 10.3 Å². The summed E-state index contributed by atoms with van der Waals surface area (Å²) < 4.78 is 19.0. The molecule has 2 fully saturated rings. The Morgan fingerprint density at radius 1 is 1.13 bits per heavy atom. The molecule has 2 heterocycles. The molecule has 0 bridgehead atoms. The monoisotopic (exact) mass is 419 g/mol. The molecular weight excluding hydrogens is 393 g/mol. The number of aromatic nitrogens is 1. The van der Waals surface area contributed by atoms with Crippen molar-refractivity contribution >= 4 is 22.6 Å². The van der Waals surface area contributed by atoms with E-state index in [1.807, 2.05) is 41.4 Å². The van der Waals surface area contributed by atoms with E-state index in [9.17, 15) is 9.18 Å². The van der Waals surface area contributed by atoms with Crippen LogP contribution in [0.5, 0.6) is 5.75 Å². The first-order chi connectivity index (χ1) is 15.1. The molecule has 1 aliphatic carbocycles. The Kier molecular flexibility index (Phi) is 5.00. The number of hydrogen-bond donors (Lipinski definition) is 1. The molecule has 6 heteroatoms. The average Bonchev–Trinajstić information content (AvgIpc) is 2.78. The molecule has 0 unspecified atom stereocenters. The molecule has 0 radical (unpaired) electrons. The molecule has 31 heavy (non-hydrogen) atoms. The maximum absolute atomic E-state index is 13.8. The molecule has 1 saturated heterocycles. The highest BCUT2D eigenvalue weighted by atomic mass is 19.1. The number of methoxy groups -OCH3 is 1. The van der Waals surface area contributed by atoms with Gasteiger partial charge in [-0.25, -0.2) is 9.18 Å². The van der Waals surface area contributed by atoms with Crippen molar-refractivity contribution in [1.82, 2.24) is 9.88 Å². The lowest BCUT2D eigenvalue weighted by atomic mass is 9.68. The molecule has 5 rings (SSSR count). The number of rotatable bonds is 3. The van der Waals surface area contributed by atoms with Crippen LogP contribution in [-0.4, -0.2) is 35.1 Å². The Labute approximate surface area is 181 Å². The van der Waals surface area contributed by atoms with Crippen LogP contribution in [0.4, 0.5) is 14.9 Å². The van der Waals surface area contributed by atoms with Crippen molar-refractivity contribution in [1.29, 1.82) is 0 Å². The number of likely N-dealkylation sites (tertiary alicyclic amines) is 1. The van der Waals surface area contributed by atoms with E-state index >= 15 is 0 Å². The highest BCUT2D eigenvalue weighted by Crippen LogP contribution is 2.48. The molecule has 1 aromatic heterocycles. The lowest BCUT2D eigenvalue weighted by Gasteiger charge is -2.56. The number of halogens is 1. The van der Waals surface area contributed by atoms with Crippen LogP contribution in [0, 0.1) is 5.82 Å². The van der Waals surface area contributed by atoms with E-state index in [1.54, 1.807) is 19.2 Å². The van der Waals surface area contributed by atoms with Crippen molar-refractivity contribution in [3.63, 3.8) is 0 Å². The number of pyridine rings is 1. The molecule has 5 nitrogen and oxygen atoms in total. The van der Waals surface area contributed by atoms with Crippen molar-refractivity contribution in [2.24, 2.45) is 0 Å². The van der Waals surface area contributed by atoms with Crippen LogP contribution < -0.4 is 10.1 Å². The Morgan fingerprint density at radius 3 is 2.58 bits per heavy atom. The van der Waals surface area contributed by atoms with Crippen LogP contribution in [0.2, 0.25) is 0 Å². The fourth-order valence-corrected chi connectivity index (χ4v) is 5.20. The number of hydrogen-bond acceptors (Lipinski definition) is 3. The number of nitrogens with one attached hydrogen (secondary N) is 1. The molecule has 160 valence electrons. The third kappa shape index (κ3) is 3.60. The van der Waals surface area contributed by atoms with Crippen LogP contribution >= 0.6 is 0 Å². The van der Waals surface area contributed by atoms with Gasteiger partial charge in [-0.2, -0.15) is 0 Å². The lowest BCUT2D eigenvalue weighted by molar-refractivity contribution is -0.00399. The molecule has 1 N–H and O–H groups in total. The van der Waals surface area contributed by atoms with Crippen molar-refractivity contribution in [2.45, 2.75) is 43.6 Å². The minimum atomic E-state index is -0.227. The zero-order chi connectivity index (χ0) is 21.4. The largest absolute Gasteiger partial charge is 0.497 e. The zero-order valence-corrected chi connectivity index (χ0v) is 17.6. The molecule has 0 atom stereocenters. The van der Waals surface area contributed by atoms with Gasteiger partial charge >= 0.3 is 6.03 Å². The second-order valence-corrected chi connectivity index (χ2v) is 8.62. The summed E-state index contributed by atoms with van der Waals surface area (Å²) in [5, 5.41) is 3.93. The summed E-state index contributed by atoms with van der Waals surface area (Å²) in [5.74, 6) is 0.902. The van der Waals surface area contributed by atoms with Gasteiger partial charge in [0.15, 0.2) is 0 Å². The van der Waals surface area contributed by atoms with Gasteiger partial charge in [0.2, 0.25) is 0 Å². The van der Waals surface area contributed by atoms with Crippen LogP contribution in [0.15, 0.2) is 54.7 Å². The molecule has 1 saturated carbocycles. The van der Waals surface area contributed by atoms with E-state index in [0.29, 0.717) is 5.92 Å². The van der Waals surface area contributed by atoms with Gasteiger partial charge in [0.25, 0.3) is 0 Å². The van der Waals surface area contributed by atoms with E-state index < -0.39 is 0 Å². The van der Waals surface area contributed by atoms with Gasteiger partial charge in [-0.1, -0.05) is 0 Å². The first-order valence-electron chi connectivity index (χ1n) is 10.8. The topological polar surface area (TPSA) is 54.5 Å². The molecule has 1 aliphatic heterocycles. The number of benzene rings is 2. The SMILES string of the molecule is COc1ccc(NC(=O)N2CCC23CCC(c2ccnc4ccc(F)cc24)CC3)cc1. The van der Waals surface area contributed by atoms with E-state index in [4.69, 9.17) is 4.74 Å². The highest BCUT2D eigenvalue weighted by molar-refractivity contribution is 5.90. The van der Waals surface area contributed by atoms with Gasteiger partial charge in [0.1, 0.15) is 11.6 Å². The summed E-state index contributed by atoms with van der Waals surface area (Å²) in [7, 11) is 1.62. The Balaban J connectivity index is 1.27. The number of anilines is 1. The van der Waals surface area contributed by atoms with Gasteiger partial charge in [-0.15, -0.1) is 0 Å².